The molecule has 0 fully saturated rings. The minimum absolute atomic E-state index is 0.403. The zero-order chi connectivity index (χ0) is 8.97. The van der Waals surface area contributed by atoms with Crippen molar-refractivity contribution in [3.63, 3.8) is 0 Å². The second-order valence-corrected chi connectivity index (χ2v) is 2.84. The average molecular weight is 185 g/mol. The second-order valence-electron chi connectivity index (χ2n) is 2.40. The highest BCUT2D eigenvalue weighted by molar-refractivity contribution is 6.30. The van der Waals surface area contributed by atoms with Gasteiger partial charge in [0.1, 0.15) is 0 Å². The summed E-state index contributed by atoms with van der Waals surface area (Å²) in [6.07, 6.45) is 0.578. The molecule has 3 nitrogen and oxygen atoms in total. The molecule has 0 radical (unpaired) electrons. The Kier molecular flexibility index (Phi) is 3.08. The third-order valence-electron chi connectivity index (χ3n) is 1.41. The number of halogens is 1. The fourth-order valence-electron chi connectivity index (χ4n) is 0.838. The summed E-state index contributed by atoms with van der Waals surface area (Å²) >= 11 is 5.67. The van der Waals surface area contributed by atoms with Crippen LogP contribution in [0.3, 0.4) is 0 Å². The molecule has 0 aromatic heterocycles. The maximum absolute atomic E-state index is 10.2. The molecule has 4 heteroatoms. The van der Waals surface area contributed by atoms with Gasteiger partial charge >= 0.3 is 0 Å². The van der Waals surface area contributed by atoms with E-state index in [-0.39, 0.29) is 0 Å². The standard InChI is InChI=1S/C8H9ClN2O/c9-8-3-1-7(2-4-8)5-11(10)6-12/h1-4,6H,5,10H2. The van der Waals surface area contributed by atoms with Crippen molar-refractivity contribution in [1.82, 2.24) is 5.01 Å². The molecule has 0 unspecified atom stereocenters. The summed E-state index contributed by atoms with van der Waals surface area (Å²) in [6, 6.07) is 7.17. The normalized spacial score (nSPS) is 9.50. The van der Waals surface area contributed by atoms with Crippen LogP contribution in [-0.4, -0.2) is 11.4 Å². The Morgan fingerprint density at radius 2 is 2.00 bits per heavy atom. The minimum atomic E-state index is 0.403. The van der Waals surface area contributed by atoms with Gasteiger partial charge in [-0.2, -0.15) is 0 Å². The van der Waals surface area contributed by atoms with Crippen LogP contribution in [0.15, 0.2) is 24.3 Å². The summed E-state index contributed by atoms with van der Waals surface area (Å²) in [4.78, 5) is 10.2. The fourth-order valence-corrected chi connectivity index (χ4v) is 0.964. The third kappa shape index (κ3) is 2.53. The van der Waals surface area contributed by atoms with Gasteiger partial charge in [-0.25, -0.2) is 5.84 Å². The summed E-state index contributed by atoms with van der Waals surface area (Å²) in [5, 5.41) is 1.75. The van der Waals surface area contributed by atoms with E-state index in [0.717, 1.165) is 10.6 Å². The molecule has 2 N–H and O–H groups in total. The first kappa shape index (κ1) is 9.03. The van der Waals surface area contributed by atoms with E-state index in [1.807, 2.05) is 12.1 Å². The molecule has 0 heterocycles. The second kappa shape index (κ2) is 4.09. The monoisotopic (exact) mass is 184 g/mol. The molecule has 0 atom stereocenters. The Balaban J connectivity index is 2.64. The summed E-state index contributed by atoms with van der Waals surface area (Å²) in [5.41, 5.74) is 0.953. The lowest BCUT2D eigenvalue weighted by atomic mass is 10.2. The van der Waals surface area contributed by atoms with Crippen molar-refractivity contribution in [2.24, 2.45) is 5.84 Å². The number of amides is 1. The van der Waals surface area contributed by atoms with Crippen LogP contribution in [0.1, 0.15) is 5.56 Å². The van der Waals surface area contributed by atoms with Crippen molar-refractivity contribution in [2.45, 2.75) is 6.54 Å². The van der Waals surface area contributed by atoms with Crippen LogP contribution in [0.4, 0.5) is 0 Å². The molecule has 0 saturated carbocycles. The predicted molar refractivity (Wildman–Crippen MR) is 47.2 cm³/mol. The van der Waals surface area contributed by atoms with Crippen molar-refractivity contribution in [2.75, 3.05) is 0 Å². The van der Waals surface area contributed by atoms with Crippen LogP contribution in [0.25, 0.3) is 0 Å². The lowest BCUT2D eigenvalue weighted by Crippen LogP contribution is -2.28. The number of hydrogen-bond acceptors (Lipinski definition) is 2. The molecular weight excluding hydrogens is 176 g/mol. The summed E-state index contributed by atoms with van der Waals surface area (Å²) < 4.78 is 0. The Labute approximate surface area is 75.7 Å². The lowest BCUT2D eigenvalue weighted by Gasteiger charge is -2.09. The molecule has 0 saturated heterocycles. The van der Waals surface area contributed by atoms with Crippen LogP contribution >= 0.6 is 11.6 Å². The largest absolute Gasteiger partial charge is 0.279 e. The molecule has 1 aromatic rings. The molecule has 0 aliphatic heterocycles. The number of hydrazine groups is 1. The molecule has 0 bridgehead atoms. The van der Waals surface area contributed by atoms with E-state index in [1.54, 1.807) is 12.1 Å². The quantitative estimate of drug-likeness (QED) is 0.332. The third-order valence-corrected chi connectivity index (χ3v) is 1.67. The van der Waals surface area contributed by atoms with Gasteiger partial charge < -0.3 is 0 Å². The molecule has 0 spiro atoms. The van der Waals surface area contributed by atoms with Gasteiger partial charge in [0, 0.05) is 5.02 Å². The van der Waals surface area contributed by atoms with E-state index in [2.05, 4.69) is 0 Å². The van der Waals surface area contributed by atoms with E-state index < -0.39 is 0 Å². The van der Waals surface area contributed by atoms with Crippen LogP contribution in [-0.2, 0) is 11.3 Å². The fraction of sp³-hybridized carbons (Fsp3) is 0.125. The van der Waals surface area contributed by atoms with E-state index >= 15 is 0 Å². The van der Waals surface area contributed by atoms with Gasteiger partial charge in [0.2, 0.25) is 6.41 Å². The van der Waals surface area contributed by atoms with Crippen LogP contribution in [0.5, 0.6) is 0 Å². The highest BCUT2D eigenvalue weighted by Gasteiger charge is 1.96. The zero-order valence-electron chi connectivity index (χ0n) is 6.40. The molecular formula is C8H9ClN2O. The first-order chi connectivity index (χ1) is 5.72. The van der Waals surface area contributed by atoms with E-state index in [4.69, 9.17) is 17.4 Å². The summed E-state index contributed by atoms with van der Waals surface area (Å²) in [7, 11) is 0. The van der Waals surface area contributed by atoms with Crippen molar-refractivity contribution in [3.8, 4) is 0 Å². The number of carbonyl (C=O) groups is 1. The van der Waals surface area contributed by atoms with Gasteiger partial charge in [0.25, 0.3) is 0 Å². The van der Waals surface area contributed by atoms with E-state index in [1.165, 1.54) is 0 Å². The minimum Gasteiger partial charge on any atom is -0.279 e. The number of hydrogen-bond donors (Lipinski definition) is 1. The van der Waals surface area contributed by atoms with Crippen molar-refractivity contribution >= 4 is 18.0 Å². The first-order valence-electron chi connectivity index (χ1n) is 3.43. The Bertz CT molecular complexity index is 260. The van der Waals surface area contributed by atoms with E-state index in [0.29, 0.717) is 18.0 Å². The molecule has 64 valence electrons. The van der Waals surface area contributed by atoms with Crippen molar-refractivity contribution < 1.29 is 4.79 Å². The molecule has 1 aromatic carbocycles. The Morgan fingerprint density at radius 3 is 2.50 bits per heavy atom. The predicted octanol–water partition coefficient (Wildman–Crippen LogP) is 1.17. The van der Waals surface area contributed by atoms with Crippen molar-refractivity contribution in [3.05, 3.63) is 34.9 Å². The first-order valence-corrected chi connectivity index (χ1v) is 3.81. The van der Waals surface area contributed by atoms with Gasteiger partial charge in [-0.1, -0.05) is 23.7 Å². The molecule has 12 heavy (non-hydrogen) atoms. The zero-order valence-corrected chi connectivity index (χ0v) is 7.16. The lowest BCUT2D eigenvalue weighted by molar-refractivity contribution is -0.118. The Morgan fingerprint density at radius 1 is 1.42 bits per heavy atom. The maximum Gasteiger partial charge on any atom is 0.223 e. The van der Waals surface area contributed by atoms with Gasteiger partial charge in [-0.3, -0.25) is 9.80 Å². The topological polar surface area (TPSA) is 46.3 Å². The SMILES string of the molecule is NN(C=O)Cc1ccc(Cl)cc1. The molecule has 0 aliphatic rings. The highest BCUT2D eigenvalue weighted by Crippen LogP contribution is 2.09. The molecule has 1 rings (SSSR count). The smallest absolute Gasteiger partial charge is 0.223 e. The number of nitrogens with two attached hydrogens (primary N) is 1. The molecule has 1 amide bonds. The van der Waals surface area contributed by atoms with Gasteiger partial charge in [-0.15, -0.1) is 0 Å². The number of carbonyl (C=O) groups excluding carboxylic acids is 1. The van der Waals surface area contributed by atoms with Gasteiger partial charge in [0.05, 0.1) is 6.54 Å². The number of nitrogens with zero attached hydrogens (tertiary/aromatic N) is 1. The van der Waals surface area contributed by atoms with Gasteiger partial charge in [-0.05, 0) is 17.7 Å². The van der Waals surface area contributed by atoms with Gasteiger partial charge in [0.15, 0.2) is 0 Å². The van der Waals surface area contributed by atoms with Crippen LogP contribution in [0, 0.1) is 0 Å². The van der Waals surface area contributed by atoms with Crippen LogP contribution < -0.4 is 5.84 Å². The number of rotatable bonds is 3. The Hall–Kier alpha value is -1.06. The van der Waals surface area contributed by atoms with Crippen molar-refractivity contribution in [1.29, 1.82) is 0 Å². The maximum atomic E-state index is 10.2. The molecule has 0 aliphatic carbocycles. The van der Waals surface area contributed by atoms with E-state index in [9.17, 15) is 4.79 Å². The van der Waals surface area contributed by atoms with Crippen LogP contribution in [0.2, 0.25) is 5.02 Å². The summed E-state index contributed by atoms with van der Waals surface area (Å²) in [5.74, 6) is 5.28. The highest BCUT2D eigenvalue weighted by atomic mass is 35.5. The number of benzene rings is 1. The summed E-state index contributed by atoms with van der Waals surface area (Å²) in [6.45, 7) is 0.403. The average Bonchev–Trinajstić information content (AvgIpc) is 2.09.